The number of nitrogens with one attached hydrogen (secondary N) is 2. The summed E-state index contributed by atoms with van der Waals surface area (Å²) in [6, 6.07) is 5.52. The van der Waals surface area contributed by atoms with Crippen molar-refractivity contribution in [3.05, 3.63) is 59.4 Å². The molecule has 0 radical (unpaired) electrons. The van der Waals surface area contributed by atoms with Crippen molar-refractivity contribution in [3.8, 4) is 11.1 Å². The monoisotopic (exact) mass is 462 g/mol. The third-order valence-electron chi connectivity index (χ3n) is 4.88. The number of aromatic nitrogens is 2. The molecule has 0 saturated heterocycles. The van der Waals surface area contributed by atoms with E-state index in [0.717, 1.165) is 19.0 Å². The zero-order valence-corrected chi connectivity index (χ0v) is 18.2. The van der Waals surface area contributed by atoms with Crippen LogP contribution in [0.3, 0.4) is 0 Å². The van der Waals surface area contributed by atoms with Crippen molar-refractivity contribution in [2.45, 2.75) is 37.4 Å². The number of carbonyl (C=O) groups is 1. The molecule has 0 bridgehead atoms. The van der Waals surface area contributed by atoms with Crippen LogP contribution in [0.2, 0.25) is 0 Å². The van der Waals surface area contributed by atoms with Crippen LogP contribution in [-0.4, -0.2) is 25.3 Å². The van der Waals surface area contributed by atoms with E-state index in [4.69, 9.17) is 0 Å². The Morgan fingerprint density at radius 2 is 2.06 bits per heavy atom. The molecule has 2 atom stereocenters. The van der Waals surface area contributed by atoms with Gasteiger partial charge in [0.2, 0.25) is 5.91 Å². The summed E-state index contributed by atoms with van der Waals surface area (Å²) in [4.78, 5) is 21.0. The highest BCUT2D eigenvalue weighted by atomic mass is 32.2. The lowest BCUT2D eigenvalue weighted by Gasteiger charge is -2.14. The fourth-order valence-electron chi connectivity index (χ4n) is 3.06. The lowest BCUT2D eigenvalue weighted by Crippen LogP contribution is -2.21. The van der Waals surface area contributed by atoms with Crippen LogP contribution in [0.1, 0.15) is 37.8 Å². The highest BCUT2D eigenvalue weighted by Gasteiger charge is 2.29. The Kier molecular flexibility index (Phi) is 6.38. The van der Waals surface area contributed by atoms with E-state index in [1.165, 1.54) is 35.7 Å². The van der Waals surface area contributed by atoms with Gasteiger partial charge < -0.3 is 5.32 Å². The second kappa shape index (κ2) is 9.19. The SMILES string of the molecule is CCC(C(=O)Nc1ccc(-c2cncc(F)c2)cc1F)c1csc(NS(=O)C2CC2)n1. The Balaban J connectivity index is 1.46. The summed E-state index contributed by atoms with van der Waals surface area (Å²) in [5.74, 6) is -2.11. The maximum Gasteiger partial charge on any atom is 0.233 e. The molecule has 1 aliphatic carbocycles. The Morgan fingerprint density at radius 1 is 1.26 bits per heavy atom. The topological polar surface area (TPSA) is 84.0 Å². The molecule has 1 aliphatic rings. The van der Waals surface area contributed by atoms with E-state index in [-0.39, 0.29) is 16.8 Å². The lowest BCUT2D eigenvalue weighted by molar-refractivity contribution is -0.117. The number of amides is 1. The number of rotatable bonds is 8. The molecule has 2 N–H and O–H groups in total. The maximum absolute atomic E-state index is 14.6. The van der Waals surface area contributed by atoms with Crippen LogP contribution in [0.5, 0.6) is 0 Å². The Labute approximate surface area is 184 Å². The average molecular weight is 463 g/mol. The summed E-state index contributed by atoms with van der Waals surface area (Å²) in [5, 5.41) is 5.03. The first-order chi connectivity index (χ1) is 14.9. The molecular weight excluding hydrogens is 442 g/mol. The zero-order valence-electron chi connectivity index (χ0n) is 16.6. The summed E-state index contributed by atoms with van der Waals surface area (Å²) in [6.07, 6.45) is 4.86. The molecule has 31 heavy (non-hydrogen) atoms. The minimum Gasteiger partial charge on any atom is -0.323 e. The first kappa shape index (κ1) is 21.5. The molecule has 2 unspecified atom stereocenters. The molecule has 1 amide bonds. The van der Waals surface area contributed by atoms with E-state index in [1.807, 2.05) is 6.92 Å². The summed E-state index contributed by atoms with van der Waals surface area (Å²) >= 11 is 1.29. The van der Waals surface area contributed by atoms with Crippen LogP contribution in [0, 0.1) is 11.6 Å². The Morgan fingerprint density at radius 3 is 2.74 bits per heavy atom. The van der Waals surface area contributed by atoms with E-state index in [0.29, 0.717) is 28.4 Å². The summed E-state index contributed by atoms with van der Waals surface area (Å²) in [7, 11) is -1.16. The Bertz CT molecular complexity index is 1130. The summed E-state index contributed by atoms with van der Waals surface area (Å²) < 4.78 is 42.9. The third kappa shape index (κ3) is 5.13. The molecule has 0 spiro atoms. The van der Waals surface area contributed by atoms with Crippen LogP contribution in [0.4, 0.5) is 19.6 Å². The van der Waals surface area contributed by atoms with Gasteiger partial charge in [0.05, 0.1) is 28.7 Å². The third-order valence-corrected chi connectivity index (χ3v) is 7.26. The first-order valence-electron chi connectivity index (χ1n) is 9.78. The number of pyridine rings is 1. The van der Waals surface area contributed by atoms with Gasteiger partial charge >= 0.3 is 0 Å². The Hall–Kier alpha value is -2.72. The molecule has 4 rings (SSSR count). The largest absolute Gasteiger partial charge is 0.323 e. The normalized spacial score (nSPS) is 15.3. The van der Waals surface area contributed by atoms with Gasteiger partial charge in [0.15, 0.2) is 5.13 Å². The molecule has 0 aliphatic heterocycles. The van der Waals surface area contributed by atoms with Crippen molar-refractivity contribution < 1.29 is 17.8 Å². The maximum atomic E-state index is 14.6. The van der Waals surface area contributed by atoms with E-state index in [2.05, 4.69) is 20.0 Å². The first-order valence-corrected chi connectivity index (χ1v) is 11.9. The standard InChI is InChI=1S/C21H20F2N4O2S2/c1-2-16(19-11-30-21(26-19)27-31(29)15-4-5-15)20(28)25-18-6-3-12(8-17(18)23)13-7-14(22)10-24-9-13/h3,6-11,15-16H,2,4-5H2,1H3,(H,25,28)(H,26,27). The molecule has 2 heterocycles. The van der Waals surface area contributed by atoms with E-state index < -0.39 is 28.5 Å². The summed E-state index contributed by atoms with van der Waals surface area (Å²) in [5.41, 5.74) is 1.46. The van der Waals surface area contributed by atoms with Gasteiger partial charge in [0.25, 0.3) is 0 Å². The van der Waals surface area contributed by atoms with Gasteiger partial charge in [-0.25, -0.2) is 18.0 Å². The number of hydrogen-bond donors (Lipinski definition) is 2. The highest BCUT2D eigenvalue weighted by Crippen LogP contribution is 2.31. The molecule has 3 aromatic rings. The minimum atomic E-state index is -1.16. The van der Waals surface area contributed by atoms with Gasteiger partial charge in [-0.05, 0) is 43.0 Å². The van der Waals surface area contributed by atoms with E-state index in [9.17, 15) is 17.8 Å². The van der Waals surface area contributed by atoms with Crippen molar-refractivity contribution in [3.63, 3.8) is 0 Å². The molecular formula is C21H20F2N4O2S2. The number of halogens is 2. The summed E-state index contributed by atoms with van der Waals surface area (Å²) in [6.45, 7) is 1.84. The van der Waals surface area contributed by atoms with Gasteiger partial charge in [-0.2, -0.15) is 0 Å². The number of benzene rings is 1. The molecule has 1 fully saturated rings. The molecule has 162 valence electrons. The molecule has 1 aromatic carbocycles. The molecule has 1 saturated carbocycles. The zero-order chi connectivity index (χ0) is 22.0. The molecule has 6 nitrogen and oxygen atoms in total. The highest BCUT2D eigenvalue weighted by molar-refractivity contribution is 7.87. The predicted molar refractivity (Wildman–Crippen MR) is 118 cm³/mol. The number of carbonyl (C=O) groups excluding carboxylic acids is 1. The fraction of sp³-hybridized carbons (Fsp3) is 0.286. The minimum absolute atomic E-state index is 0.0278. The van der Waals surface area contributed by atoms with Gasteiger partial charge in [-0.1, -0.05) is 13.0 Å². The van der Waals surface area contributed by atoms with Gasteiger partial charge in [0, 0.05) is 17.1 Å². The van der Waals surface area contributed by atoms with Crippen LogP contribution in [-0.2, 0) is 15.8 Å². The van der Waals surface area contributed by atoms with Crippen LogP contribution in [0.25, 0.3) is 11.1 Å². The molecule has 2 aromatic heterocycles. The van der Waals surface area contributed by atoms with Crippen LogP contribution in [0.15, 0.2) is 42.0 Å². The fourth-order valence-corrected chi connectivity index (χ4v) is 5.05. The van der Waals surface area contributed by atoms with Crippen LogP contribution < -0.4 is 10.0 Å². The second-order valence-corrected chi connectivity index (χ2v) is 9.54. The van der Waals surface area contributed by atoms with E-state index in [1.54, 1.807) is 11.4 Å². The molecule has 10 heteroatoms. The predicted octanol–water partition coefficient (Wildman–Crippen LogP) is 4.85. The smallest absolute Gasteiger partial charge is 0.233 e. The number of hydrogen-bond acceptors (Lipinski definition) is 5. The number of nitrogens with zero attached hydrogens (tertiary/aromatic N) is 2. The van der Waals surface area contributed by atoms with Gasteiger partial charge in [-0.3, -0.25) is 14.5 Å². The van der Waals surface area contributed by atoms with Crippen molar-refractivity contribution in [1.29, 1.82) is 0 Å². The van der Waals surface area contributed by atoms with E-state index >= 15 is 0 Å². The number of anilines is 2. The van der Waals surface area contributed by atoms with Crippen molar-refractivity contribution >= 4 is 39.0 Å². The van der Waals surface area contributed by atoms with Crippen LogP contribution >= 0.6 is 11.3 Å². The van der Waals surface area contributed by atoms with Gasteiger partial charge in [-0.15, -0.1) is 11.3 Å². The van der Waals surface area contributed by atoms with Gasteiger partial charge in [0.1, 0.15) is 22.6 Å². The lowest BCUT2D eigenvalue weighted by atomic mass is 10.0. The average Bonchev–Trinajstić information content (AvgIpc) is 3.51. The van der Waals surface area contributed by atoms with Crippen molar-refractivity contribution in [2.24, 2.45) is 0 Å². The number of thiazole rings is 1. The quantitative estimate of drug-likeness (QED) is 0.501. The second-order valence-electron chi connectivity index (χ2n) is 7.21. The van der Waals surface area contributed by atoms with Crippen molar-refractivity contribution in [2.75, 3.05) is 10.0 Å². The van der Waals surface area contributed by atoms with Crippen molar-refractivity contribution in [1.82, 2.24) is 9.97 Å².